The minimum absolute atomic E-state index is 0.193. The van der Waals surface area contributed by atoms with Crippen molar-refractivity contribution in [1.82, 2.24) is 10.1 Å². The lowest BCUT2D eigenvalue weighted by molar-refractivity contribution is -0.384. The summed E-state index contributed by atoms with van der Waals surface area (Å²) in [5.41, 5.74) is 0.270. The van der Waals surface area contributed by atoms with Gasteiger partial charge in [0.25, 0.3) is 5.69 Å². The van der Waals surface area contributed by atoms with Gasteiger partial charge in [-0.15, -0.1) is 0 Å². The van der Waals surface area contributed by atoms with E-state index < -0.39 is 10.7 Å². The molecule has 1 unspecified atom stereocenters. The number of anilines is 1. The number of aromatic nitrogens is 2. The van der Waals surface area contributed by atoms with Gasteiger partial charge in [-0.1, -0.05) is 5.16 Å². The number of nitrogens with zero attached hydrogens (tertiary/aromatic N) is 4. The highest BCUT2D eigenvalue weighted by Gasteiger charge is 2.27. The Morgan fingerprint density at radius 3 is 3.04 bits per heavy atom. The molecule has 0 radical (unpaired) electrons. The normalized spacial score (nSPS) is 18.2. The molecule has 3 rings (SSSR count). The lowest BCUT2D eigenvalue weighted by Gasteiger charge is -2.33. The topological polar surface area (TPSA) is 85.3 Å². The Labute approximate surface area is 132 Å². The van der Waals surface area contributed by atoms with Gasteiger partial charge >= 0.3 is 0 Å². The van der Waals surface area contributed by atoms with Gasteiger partial charge in [0.1, 0.15) is 11.5 Å². The molecular weight excluding hydrogens is 303 g/mol. The second kappa shape index (κ2) is 6.31. The second-order valence-corrected chi connectivity index (χ2v) is 5.78. The molecule has 2 aromatic rings. The SMILES string of the molecule is Cc1nc(CC2CCCN(c3ccc(F)cc3[N+](=O)[O-])C2)no1. The van der Waals surface area contributed by atoms with Crippen LogP contribution in [0.5, 0.6) is 0 Å². The van der Waals surface area contributed by atoms with Crippen LogP contribution in [0.1, 0.15) is 24.6 Å². The van der Waals surface area contributed by atoms with Crippen LogP contribution in [-0.2, 0) is 6.42 Å². The van der Waals surface area contributed by atoms with E-state index in [0.29, 0.717) is 36.9 Å². The molecular formula is C15H17FN4O3. The van der Waals surface area contributed by atoms with Crippen LogP contribution < -0.4 is 4.90 Å². The summed E-state index contributed by atoms with van der Waals surface area (Å²) in [5.74, 6) is 0.867. The Balaban J connectivity index is 1.77. The predicted octanol–water partition coefficient (Wildman–Crippen LogP) is 2.88. The molecule has 0 spiro atoms. The number of nitro groups is 1. The zero-order valence-electron chi connectivity index (χ0n) is 12.7. The molecule has 7 nitrogen and oxygen atoms in total. The molecule has 0 N–H and O–H groups in total. The lowest BCUT2D eigenvalue weighted by Crippen LogP contribution is -2.36. The zero-order valence-corrected chi connectivity index (χ0v) is 12.7. The van der Waals surface area contributed by atoms with Crippen LogP contribution in [-0.4, -0.2) is 28.2 Å². The maximum absolute atomic E-state index is 13.3. The van der Waals surface area contributed by atoms with Crippen LogP contribution in [0.15, 0.2) is 22.7 Å². The highest BCUT2D eigenvalue weighted by Crippen LogP contribution is 2.32. The van der Waals surface area contributed by atoms with Gasteiger partial charge in [-0.3, -0.25) is 10.1 Å². The Bertz CT molecular complexity index is 718. The Kier molecular flexibility index (Phi) is 4.22. The molecule has 23 heavy (non-hydrogen) atoms. The molecule has 122 valence electrons. The Morgan fingerprint density at radius 2 is 2.35 bits per heavy atom. The van der Waals surface area contributed by atoms with Gasteiger partial charge in [0, 0.05) is 26.4 Å². The van der Waals surface area contributed by atoms with Crippen molar-refractivity contribution in [1.29, 1.82) is 0 Å². The number of nitro benzene ring substituents is 1. The van der Waals surface area contributed by atoms with Crippen molar-refractivity contribution in [3.63, 3.8) is 0 Å². The fraction of sp³-hybridized carbons (Fsp3) is 0.467. The summed E-state index contributed by atoms with van der Waals surface area (Å²) in [6, 6.07) is 3.71. The maximum Gasteiger partial charge on any atom is 0.295 e. The van der Waals surface area contributed by atoms with Gasteiger partial charge in [-0.2, -0.15) is 4.98 Å². The third kappa shape index (κ3) is 3.46. The van der Waals surface area contributed by atoms with Gasteiger partial charge in [0.2, 0.25) is 5.89 Å². The number of piperidine rings is 1. The highest BCUT2D eigenvalue weighted by atomic mass is 19.1. The van der Waals surface area contributed by atoms with Crippen molar-refractivity contribution in [3.8, 4) is 0 Å². The molecule has 2 heterocycles. The minimum Gasteiger partial charge on any atom is -0.366 e. The van der Waals surface area contributed by atoms with Gasteiger partial charge in [-0.25, -0.2) is 4.39 Å². The molecule has 8 heteroatoms. The molecule has 1 aromatic heterocycles. The minimum atomic E-state index is -0.601. The third-order valence-corrected chi connectivity index (χ3v) is 4.03. The molecule has 1 aliphatic heterocycles. The molecule has 0 bridgehead atoms. The first-order chi connectivity index (χ1) is 11.0. The summed E-state index contributed by atoms with van der Waals surface area (Å²) >= 11 is 0. The third-order valence-electron chi connectivity index (χ3n) is 4.03. The van der Waals surface area contributed by atoms with E-state index in [0.717, 1.165) is 18.9 Å². The molecule has 0 aliphatic carbocycles. The number of hydrogen-bond acceptors (Lipinski definition) is 6. The van der Waals surface area contributed by atoms with Crippen molar-refractivity contribution >= 4 is 11.4 Å². The second-order valence-electron chi connectivity index (χ2n) is 5.78. The largest absolute Gasteiger partial charge is 0.366 e. The van der Waals surface area contributed by atoms with Crippen LogP contribution in [0.3, 0.4) is 0 Å². The van der Waals surface area contributed by atoms with E-state index in [2.05, 4.69) is 10.1 Å². The van der Waals surface area contributed by atoms with Crippen LogP contribution in [0.2, 0.25) is 0 Å². The predicted molar refractivity (Wildman–Crippen MR) is 80.7 cm³/mol. The monoisotopic (exact) mass is 320 g/mol. The standard InChI is InChI=1S/C15H17FN4O3/c1-10-17-15(18-23-10)7-11-3-2-6-19(9-11)13-5-4-12(16)8-14(13)20(21)22/h4-5,8,11H,2-3,6-7,9H2,1H3. The van der Waals surface area contributed by atoms with E-state index in [1.54, 1.807) is 6.92 Å². The van der Waals surface area contributed by atoms with Crippen molar-refractivity contribution < 1.29 is 13.8 Å². The zero-order chi connectivity index (χ0) is 16.4. The van der Waals surface area contributed by atoms with E-state index in [1.807, 2.05) is 4.90 Å². The first-order valence-corrected chi connectivity index (χ1v) is 7.51. The van der Waals surface area contributed by atoms with Gasteiger partial charge < -0.3 is 9.42 Å². The number of rotatable bonds is 4. The first kappa shape index (κ1) is 15.4. The maximum atomic E-state index is 13.3. The quantitative estimate of drug-likeness (QED) is 0.636. The van der Waals surface area contributed by atoms with Crippen molar-refractivity contribution in [2.24, 2.45) is 5.92 Å². The van der Waals surface area contributed by atoms with Crippen LogP contribution in [0, 0.1) is 28.8 Å². The highest BCUT2D eigenvalue weighted by molar-refractivity contribution is 5.63. The summed E-state index contributed by atoms with van der Waals surface area (Å²) in [4.78, 5) is 16.8. The van der Waals surface area contributed by atoms with Crippen LogP contribution in [0.4, 0.5) is 15.8 Å². The number of aryl methyl sites for hydroxylation is 1. The van der Waals surface area contributed by atoms with Gasteiger partial charge in [-0.05, 0) is 30.9 Å². The Hall–Kier alpha value is -2.51. The van der Waals surface area contributed by atoms with Crippen molar-refractivity contribution in [2.45, 2.75) is 26.2 Å². The number of halogens is 1. The first-order valence-electron chi connectivity index (χ1n) is 7.51. The van der Waals surface area contributed by atoms with Crippen LogP contribution in [0.25, 0.3) is 0 Å². The fourth-order valence-corrected chi connectivity index (χ4v) is 3.04. The molecule has 1 saturated heterocycles. The average molecular weight is 320 g/mol. The van der Waals surface area contributed by atoms with Crippen LogP contribution >= 0.6 is 0 Å². The molecule has 1 fully saturated rings. The van der Waals surface area contributed by atoms with Crippen molar-refractivity contribution in [3.05, 3.63) is 45.8 Å². The van der Waals surface area contributed by atoms with E-state index in [-0.39, 0.29) is 11.6 Å². The summed E-state index contributed by atoms with van der Waals surface area (Å²) in [6.45, 7) is 3.11. The smallest absolute Gasteiger partial charge is 0.295 e. The summed E-state index contributed by atoms with van der Waals surface area (Å²) < 4.78 is 18.3. The lowest BCUT2D eigenvalue weighted by atomic mass is 9.94. The summed E-state index contributed by atoms with van der Waals surface area (Å²) in [7, 11) is 0. The van der Waals surface area contributed by atoms with E-state index in [1.165, 1.54) is 12.1 Å². The summed E-state index contributed by atoms with van der Waals surface area (Å²) in [6.07, 6.45) is 2.58. The Morgan fingerprint density at radius 1 is 1.52 bits per heavy atom. The fourth-order valence-electron chi connectivity index (χ4n) is 3.04. The number of benzene rings is 1. The van der Waals surface area contributed by atoms with Gasteiger partial charge in [0.15, 0.2) is 5.82 Å². The van der Waals surface area contributed by atoms with Gasteiger partial charge in [0.05, 0.1) is 11.0 Å². The molecule has 0 amide bonds. The van der Waals surface area contributed by atoms with E-state index in [4.69, 9.17) is 4.52 Å². The number of hydrogen-bond donors (Lipinski definition) is 0. The van der Waals surface area contributed by atoms with E-state index >= 15 is 0 Å². The molecule has 1 aliphatic rings. The molecule has 1 aromatic carbocycles. The molecule has 0 saturated carbocycles. The van der Waals surface area contributed by atoms with E-state index in [9.17, 15) is 14.5 Å². The van der Waals surface area contributed by atoms with Crippen molar-refractivity contribution in [2.75, 3.05) is 18.0 Å². The summed E-state index contributed by atoms with van der Waals surface area (Å²) in [5, 5.41) is 15.1. The average Bonchev–Trinajstić information content (AvgIpc) is 2.92. The molecule has 1 atom stereocenters.